The summed E-state index contributed by atoms with van der Waals surface area (Å²) in [6.07, 6.45) is 8.01. The molecule has 0 aliphatic rings. The van der Waals surface area contributed by atoms with E-state index < -0.39 is 0 Å². The average molecular weight is 329 g/mol. The number of fused-ring (bicyclic) bond motifs is 1. The summed E-state index contributed by atoms with van der Waals surface area (Å²) >= 11 is 0. The van der Waals surface area contributed by atoms with Crippen molar-refractivity contribution < 1.29 is 4.74 Å². The Morgan fingerprint density at radius 3 is 2.67 bits per heavy atom. The fourth-order valence-corrected chi connectivity index (χ4v) is 2.74. The van der Waals surface area contributed by atoms with Gasteiger partial charge >= 0.3 is 0 Å². The Bertz CT molecular complexity index is 615. The number of benzene rings is 1. The largest absolute Gasteiger partial charge is 0.497 e. The molecule has 0 bridgehead atoms. The van der Waals surface area contributed by atoms with Crippen molar-refractivity contribution in [2.24, 2.45) is 0 Å². The fraction of sp³-hybridized carbons (Fsp3) is 0.550. The third-order valence-electron chi connectivity index (χ3n) is 4.44. The highest BCUT2D eigenvalue weighted by Gasteiger charge is 2.05. The second kappa shape index (κ2) is 10.1. The number of unbranched alkanes of at least 4 members (excludes halogenated alkanes) is 3. The first-order valence-electron chi connectivity index (χ1n) is 9.14. The lowest BCUT2D eigenvalue weighted by Gasteiger charge is -2.12. The first-order valence-corrected chi connectivity index (χ1v) is 9.14. The zero-order valence-corrected chi connectivity index (χ0v) is 15.3. The van der Waals surface area contributed by atoms with Crippen molar-refractivity contribution in [2.75, 3.05) is 25.5 Å². The van der Waals surface area contributed by atoms with E-state index in [1.165, 1.54) is 32.1 Å². The number of anilines is 1. The van der Waals surface area contributed by atoms with Gasteiger partial charge in [0.2, 0.25) is 0 Å². The summed E-state index contributed by atoms with van der Waals surface area (Å²) in [5.74, 6) is 0.870. The Kier molecular flexibility index (Phi) is 7.83. The Hall–Kier alpha value is -1.81. The van der Waals surface area contributed by atoms with Crippen molar-refractivity contribution >= 4 is 16.6 Å². The number of nitrogens with zero attached hydrogens (tertiary/aromatic N) is 1. The Morgan fingerprint density at radius 1 is 1.12 bits per heavy atom. The summed E-state index contributed by atoms with van der Waals surface area (Å²) in [5.41, 5.74) is 2.07. The van der Waals surface area contributed by atoms with E-state index in [0.29, 0.717) is 6.04 Å². The Balaban J connectivity index is 1.73. The van der Waals surface area contributed by atoms with Crippen LogP contribution in [0.2, 0.25) is 0 Å². The van der Waals surface area contributed by atoms with Gasteiger partial charge in [-0.1, -0.05) is 25.8 Å². The fourth-order valence-electron chi connectivity index (χ4n) is 2.74. The summed E-state index contributed by atoms with van der Waals surface area (Å²) in [5, 5.41) is 8.17. The molecule has 4 heteroatoms. The quantitative estimate of drug-likeness (QED) is 0.591. The van der Waals surface area contributed by atoms with E-state index in [1.54, 1.807) is 7.11 Å². The number of hydrogen-bond donors (Lipinski definition) is 2. The van der Waals surface area contributed by atoms with Gasteiger partial charge in [0.25, 0.3) is 0 Å². The molecular formula is C20H31N3O. The standard InChI is InChI=1S/C20H31N3O/c1-4-16(2)21-11-7-5-6-8-12-22-19-15-18(24-3)14-17-10-9-13-23-20(17)19/h9-10,13-16,21-22H,4-8,11-12H2,1-3H3. The molecule has 1 aromatic carbocycles. The second-order valence-electron chi connectivity index (χ2n) is 6.35. The molecule has 0 saturated carbocycles. The van der Waals surface area contributed by atoms with Crippen molar-refractivity contribution in [3.63, 3.8) is 0 Å². The van der Waals surface area contributed by atoms with Crippen LogP contribution in [0.15, 0.2) is 30.5 Å². The molecule has 0 fully saturated rings. The van der Waals surface area contributed by atoms with Crippen LogP contribution in [-0.4, -0.2) is 31.2 Å². The van der Waals surface area contributed by atoms with Crippen molar-refractivity contribution in [1.29, 1.82) is 0 Å². The molecule has 2 rings (SSSR count). The predicted octanol–water partition coefficient (Wildman–Crippen LogP) is 4.60. The van der Waals surface area contributed by atoms with Crippen molar-refractivity contribution in [2.45, 2.75) is 52.0 Å². The summed E-state index contributed by atoms with van der Waals surface area (Å²) < 4.78 is 5.39. The van der Waals surface area contributed by atoms with E-state index in [0.717, 1.165) is 35.4 Å². The number of nitrogens with one attached hydrogen (secondary N) is 2. The third kappa shape index (κ3) is 5.68. The maximum absolute atomic E-state index is 5.39. The molecule has 0 aliphatic heterocycles. The molecule has 0 radical (unpaired) electrons. The minimum Gasteiger partial charge on any atom is -0.497 e. The minimum absolute atomic E-state index is 0.639. The molecule has 24 heavy (non-hydrogen) atoms. The molecule has 2 N–H and O–H groups in total. The number of ether oxygens (including phenoxy) is 1. The predicted molar refractivity (Wildman–Crippen MR) is 103 cm³/mol. The molecule has 0 amide bonds. The molecule has 1 atom stereocenters. The highest BCUT2D eigenvalue weighted by molar-refractivity contribution is 5.91. The lowest BCUT2D eigenvalue weighted by atomic mass is 10.1. The van der Waals surface area contributed by atoms with Gasteiger partial charge in [-0.15, -0.1) is 0 Å². The van der Waals surface area contributed by atoms with Crippen LogP contribution in [-0.2, 0) is 0 Å². The summed E-state index contributed by atoms with van der Waals surface area (Å²) in [4.78, 5) is 4.49. The zero-order chi connectivity index (χ0) is 17.2. The van der Waals surface area contributed by atoms with Crippen LogP contribution in [0, 0.1) is 0 Å². The monoisotopic (exact) mass is 329 g/mol. The van der Waals surface area contributed by atoms with E-state index in [2.05, 4.69) is 35.5 Å². The molecule has 132 valence electrons. The topological polar surface area (TPSA) is 46.2 Å². The number of aromatic nitrogens is 1. The number of rotatable bonds is 11. The van der Waals surface area contributed by atoms with E-state index in [9.17, 15) is 0 Å². The second-order valence-corrected chi connectivity index (χ2v) is 6.35. The van der Waals surface area contributed by atoms with Gasteiger partial charge in [-0.25, -0.2) is 0 Å². The third-order valence-corrected chi connectivity index (χ3v) is 4.44. The summed E-state index contributed by atoms with van der Waals surface area (Å²) in [6, 6.07) is 8.73. The molecular weight excluding hydrogens is 298 g/mol. The first-order chi connectivity index (χ1) is 11.7. The van der Waals surface area contributed by atoms with Gasteiger partial charge in [-0.05, 0) is 44.9 Å². The summed E-state index contributed by atoms with van der Waals surface area (Å²) in [6.45, 7) is 6.57. The van der Waals surface area contributed by atoms with Crippen LogP contribution in [0.25, 0.3) is 10.9 Å². The van der Waals surface area contributed by atoms with Gasteiger partial charge in [0.1, 0.15) is 5.75 Å². The maximum Gasteiger partial charge on any atom is 0.121 e. The van der Waals surface area contributed by atoms with E-state index in [1.807, 2.05) is 24.4 Å². The first kappa shape index (κ1) is 18.5. The molecule has 2 aromatic rings. The van der Waals surface area contributed by atoms with Crippen molar-refractivity contribution in [1.82, 2.24) is 10.3 Å². The lowest BCUT2D eigenvalue weighted by molar-refractivity contribution is 0.415. The van der Waals surface area contributed by atoms with Crippen LogP contribution >= 0.6 is 0 Å². The van der Waals surface area contributed by atoms with Crippen LogP contribution in [0.4, 0.5) is 5.69 Å². The molecule has 1 unspecified atom stereocenters. The normalized spacial score (nSPS) is 12.3. The Labute approximate surface area is 146 Å². The highest BCUT2D eigenvalue weighted by Crippen LogP contribution is 2.27. The van der Waals surface area contributed by atoms with Crippen LogP contribution in [0.3, 0.4) is 0 Å². The van der Waals surface area contributed by atoms with Crippen molar-refractivity contribution in [3.05, 3.63) is 30.5 Å². The maximum atomic E-state index is 5.39. The van der Waals surface area contributed by atoms with Crippen molar-refractivity contribution in [3.8, 4) is 5.75 Å². The average Bonchev–Trinajstić information content (AvgIpc) is 2.63. The molecule has 1 aromatic heterocycles. The summed E-state index contributed by atoms with van der Waals surface area (Å²) in [7, 11) is 1.70. The number of methoxy groups -OCH3 is 1. The zero-order valence-electron chi connectivity index (χ0n) is 15.3. The molecule has 0 spiro atoms. The number of hydrogen-bond acceptors (Lipinski definition) is 4. The van der Waals surface area contributed by atoms with Gasteiger partial charge in [0.05, 0.1) is 18.3 Å². The van der Waals surface area contributed by atoms with E-state index in [-0.39, 0.29) is 0 Å². The molecule has 0 aliphatic carbocycles. The van der Waals surface area contributed by atoms with Gasteiger partial charge in [0, 0.05) is 30.2 Å². The van der Waals surface area contributed by atoms with E-state index in [4.69, 9.17) is 4.74 Å². The van der Waals surface area contributed by atoms with Crippen LogP contribution < -0.4 is 15.4 Å². The minimum atomic E-state index is 0.639. The smallest absolute Gasteiger partial charge is 0.121 e. The Morgan fingerprint density at radius 2 is 1.92 bits per heavy atom. The van der Waals surface area contributed by atoms with Gasteiger partial charge in [0.15, 0.2) is 0 Å². The number of pyridine rings is 1. The molecule has 4 nitrogen and oxygen atoms in total. The molecule has 1 heterocycles. The molecule has 0 saturated heterocycles. The van der Waals surface area contributed by atoms with Gasteiger partial charge in [-0.3, -0.25) is 4.98 Å². The SMILES string of the molecule is CCC(C)NCCCCCCNc1cc(OC)cc2cccnc12. The van der Waals surface area contributed by atoms with Crippen LogP contribution in [0.5, 0.6) is 5.75 Å². The van der Waals surface area contributed by atoms with Gasteiger partial charge in [-0.2, -0.15) is 0 Å². The van der Waals surface area contributed by atoms with E-state index >= 15 is 0 Å². The lowest BCUT2D eigenvalue weighted by Crippen LogP contribution is -2.25. The van der Waals surface area contributed by atoms with Crippen LogP contribution in [0.1, 0.15) is 46.0 Å². The highest BCUT2D eigenvalue weighted by atomic mass is 16.5. The van der Waals surface area contributed by atoms with Gasteiger partial charge < -0.3 is 15.4 Å².